The summed E-state index contributed by atoms with van der Waals surface area (Å²) in [5.41, 5.74) is 3.76. The van der Waals surface area contributed by atoms with Crippen LogP contribution in [0.4, 0.5) is 5.69 Å². The predicted octanol–water partition coefficient (Wildman–Crippen LogP) is 3.31. The van der Waals surface area contributed by atoms with Gasteiger partial charge in [-0.2, -0.15) is 5.10 Å². The van der Waals surface area contributed by atoms with Crippen molar-refractivity contribution >= 4 is 28.5 Å². The molecule has 0 bridgehead atoms. The molecule has 114 valence electrons. The SMILES string of the molecule is Cc1cc2ccccc2nc1C(C=Nc1ccc(O)cc1)=NN. The number of aromatic nitrogens is 1. The predicted molar refractivity (Wildman–Crippen MR) is 93.5 cm³/mol. The summed E-state index contributed by atoms with van der Waals surface area (Å²) >= 11 is 0. The van der Waals surface area contributed by atoms with Gasteiger partial charge in [0.25, 0.3) is 0 Å². The first-order valence-corrected chi connectivity index (χ1v) is 7.15. The van der Waals surface area contributed by atoms with Crippen molar-refractivity contribution in [3.05, 3.63) is 65.9 Å². The maximum Gasteiger partial charge on any atom is 0.127 e. The highest BCUT2D eigenvalue weighted by molar-refractivity contribution is 6.38. The monoisotopic (exact) mass is 304 g/mol. The van der Waals surface area contributed by atoms with Gasteiger partial charge in [0.1, 0.15) is 11.5 Å². The van der Waals surface area contributed by atoms with Crippen molar-refractivity contribution in [2.24, 2.45) is 15.9 Å². The van der Waals surface area contributed by atoms with E-state index >= 15 is 0 Å². The molecule has 3 rings (SSSR count). The normalized spacial score (nSPS) is 12.1. The van der Waals surface area contributed by atoms with Crippen LogP contribution in [-0.4, -0.2) is 22.0 Å². The number of phenolic OH excluding ortho intramolecular Hbond substituents is 1. The molecule has 2 aromatic carbocycles. The Morgan fingerprint density at radius 3 is 2.61 bits per heavy atom. The number of phenols is 1. The zero-order chi connectivity index (χ0) is 16.2. The van der Waals surface area contributed by atoms with Gasteiger partial charge in [0.15, 0.2) is 0 Å². The second-order valence-corrected chi connectivity index (χ2v) is 5.14. The number of nitrogens with zero attached hydrogens (tertiary/aromatic N) is 3. The molecule has 23 heavy (non-hydrogen) atoms. The lowest BCUT2D eigenvalue weighted by atomic mass is 10.1. The van der Waals surface area contributed by atoms with Crippen molar-refractivity contribution in [2.75, 3.05) is 0 Å². The van der Waals surface area contributed by atoms with E-state index in [0.717, 1.165) is 16.5 Å². The molecule has 1 heterocycles. The molecule has 0 atom stereocenters. The number of nitrogens with two attached hydrogens (primary N) is 1. The third-order valence-corrected chi connectivity index (χ3v) is 3.48. The molecule has 5 nitrogen and oxygen atoms in total. The molecule has 0 aliphatic carbocycles. The van der Waals surface area contributed by atoms with Crippen LogP contribution in [0.15, 0.2) is 64.7 Å². The fraction of sp³-hybridized carbons (Fsp3) is 0.0556. The molecule has 0 saturated carbocycles. The van der Waals surface area contributed by atoms with Gasteiger partial charge in [-0.1, -0.05) is 18.2 Å². The Bertz CT molecular complexity index is 899. The molecule has 0 amide bonds. The van der Waals surface area contributed by atoms with Gasteiger partial charge in [-0.25, -0.2) is 4.98 Å². The quantitative estimate of drug-likeness (QED) is 0.442. The Balaban J connectivity index is 1.98. The van der Waals surface area contributed by atoms with E-state index in [1.165, 1.54) is 0 Å². The van der Waals surface area contributed by atoms with E-state index in [9.17, 15) is 5.11 Å². The first kappa shape index (κ1) is 14.7. The molecule has 0 saturated heterocycles. The van der Waals surface area contributed by atoms with Crippen LogP contribution < -0.4 is 5.84 Å². The van der Waals surface area contributed by atoms with E-state index in [-0.39, 0.29) is 5.75 Å². The molecule has 1 aromatic heterocycles. The maximum absolute atomic E-state index is 9.29. The summed E-state index contributed by atoms with van der Waals surface area (Å²) in [6, 6.07) is 16.5. The number of hydrogen-bond acceptors (Lipinski definition) is 5. The lowest BCUT2D eigenvalue weighted by Gasteiger charge is -2.06. The smallest absolute Gasteiger partial charge is 0.127 e. The summed E-state index contributed by atoms with van der Waals surface area (Å²) in [7, 11) is 0. The van der Waals surface area contributed by atoms with Gasteiger partial charge in [-0.05, 0) is 48.9 Å². The number of rotatable bonds is 3. The molecule has 0 radical (unpaired) electrons. The minimum absolute atomic E-state index is 0.198. The Morgan fingerprint density at radius 2 is 1.87 bits per heavy atom. The molecule has 3 N–H and O–H groups in total. The van der Waals surface area contributed by atoms with Crippen molar-refractivity contribution in [1.29, 1.82) is 0 Å². The van der Waals surface area contributed by atoms with E-state index in [0.29, 0.717) is 17.1 Å². The highest BCUT2D eigenvalue weighted by Gasteiger charge is 2.08. The first-order valence-electron chi connectivity index (χ1n) is 7.15. The van der Waals surface area contributed by atoms with Crippen molar-refractivity contribution in [3.63, 3.8) is 0 Å². The minimum Gasteiger partial charge on any atom is -0.508 e. The molecule has 0 fully saturated rings. The number of benzene rings is 2. The Morgan fingerprint density at radius 1 is 1.13 bits per heavy atom. The van der Waals surface area contributed by atoms with Crippen LogP contribution in [0.2, 0.25) is 0 Å². The van der Waals surface area contributed by atoms with Crippen LogP contribution in [0.25, 0.3) is 10.9 Å². The van der Waals surface area contributed by atoms with Crippen molar-refractivity contribution in [2.45, 2.75) is 6.92 Å². The Labute approximate surface area is 133 Å². The van der Waals surface area contributed by atoms with Gasteiger partial charge in [0.05, 0.1) is 23.1 Å². The zero-order valence-corrected chi connectivity index (χ0v) is 12.6. The van der Waals surface area contributed by atoms with Crippen LogP contribution in [0.1, 0.15) is 11.3 Å². The van der Waals surface area contributed by atoms with Gasteiger partial charge in [0, 0.05) is 5.39 Å². The van der Waals surface area contributed by atoms with E-state index in [2.05, 4.69) is 21.1 Å². The summed E-state index contributed by atoms with van der Waals surface area (Å²) in [5.74, 6) is 5.72. The van der Waals surface area contributed by atoms with Crippen molar-refractivity contribution in [3.8, 4) is 5.75 Å². The van der Waals surface area contributed by atoms with Crippen LogP contribution >= 0.6 is 0 Å². The first-order chi connectivity index (χ1) is 11.2. The fourth-order valence-corrected chi connectivity index (χ4v) is 2.31. The number of hydrazone groups is 1. The lowest BCUT2D eigenvalue weighted by Crippen LogP contribution is -2.10. The lowest BCUT2D eigenvalue weighted by molar-refractivity contribution is 0.475. The molecular formula is C18H16N4O. The minimum atomic E-state index is 0.198. The number of fused-ring (bicyclic) bond motifs is 1. The van der Waals surface area contributed by atoms with Crippen molar-refractivity contribution < 1.29 is 5.11 Å². The molecule has 5 heteroatoms. The standard InChI is InChI=1S/C18H16N4O/c1-12-10-13-4-2-3-5-16(13)21-18(12)17(22-19)11-20-14-6-8-15(23)9-7-14/h2-11,23H,19H2,1H3. The fourth-order valence-electron chi connectivity index (χ4n) is 2.31. The number of pyridine rings is 1. The van der Waals surface area contributed by atoms with Gasteiger partial charge in [-0.3, -0.25) is 4.99 Å². The van der Waals surface area contributed by atoms with E-state index in [1.807, 2.05) is 31.2 Å². The second kappa shape index (κ2) is 6.27. The highest BCUT2D eigenvalue weighted by atomic mass is 16.3. The number of aryl methyl sites for hydroxylation is 1. The third-order valence-electron chi connectivity index (χ3n) is 3.48. The topological polar surface area (TPSA) is 83.9 Å². The van der Waals surface area contributed by atoms with E-state index in [1.54, 1.807) is 30.5 Å². The molecule has 0 unspecified atom stereocenters. The average molecular weight is 304 g/mol. The van der Waals surface area contributed by atoms with Crippen LogP contribution in [0, 0.1) is 6.92 Å². The highest BCUT2D eigenvalue weighted by Crippen LogP contribution is 2.18. The van der Waals surface area contributed by atoms with Gasteiger partial charge in [-0.15, -0.1) is 0 Å². The molecule has 3 aromatic rings. The van der Waals surface area contributed by atoms with Crippen LogP contribution in [-0.2, 0) is 0 Å². The largest absolute Gasteiger partial charge is 0.508 e. The Hall–Kier alpha value is -3.21. The second-order valence-electron chi connectivity index (χ2n) is 5.14. The number of aliphatic imine (C=N–C) groups is 1. The summed E-state index contributed by atoms with van der Waals surface area (Å²) in [5, 5.41) is 14.2. The van der Waals surface area contributed by atoms with Crippen LogP contribution in [0.3, 0.4) is 0 Å². The van der Waals surface area contributed by atoms with E-state index < -0.39 is 0 Å². The average Bonchev–Trinajstić information content (AvgIpc) is 2.57. The zero-order valence-electron chi connectivity index (χ0n) is 12.6. The number of para-hydroxylation sites is 1. The third kappa shape index (κ3) is 3.18. The van der Waals surface area contributed by atoms with E-state index in [4.69, 9.17) is 5.84 Å². The molecule has 0 spiro atoms. The van der Waals surface area contributed by atoms with Gasteiger partial charge < -0.3 is 10.9 Å². The van der Waals surface area contributed by atoms with Gasteiger partial charge in [0.2, 0.25) is 0 Å². The van der Waals surface area contributed by atoms with Gasteiger partial charge >= 0.3 is 0 Å². The van der Waals surface area contributed by atoms with Crippen LogP contribution in [0.5, 0.6) is 5.75 Å². The van der Waals surface area contributed by atoms with Crippen molar-refractivity contribution in [1.82, 2.24) is 4.98 Å². The summed E-state index contributed by atoms with van der Waals surface area (Å²) in [6.45, 7) is 1.97. The molecule has 0 aliphatic rings. The summed E-state index contributed by atoms with van der Waals surface area (Å²) in [4.78, 5) is 8.96. The Kier molecular flexibility index (Phi) is 4.01. The summed E-state index contributed by atoms with van der Waals surface area (Å²) in [6.07, 6.45) is 1.58. The molecule has 0 aliphatic heterocycles. The number of hydrogen-bond donors (Lipinski definition) is 2. The summed E-state index contributed by atoms with van der Waals surface area (Å²) < 4.78 is 0. The maximum atomic E-state index is 9.29. The molecular weight excluding hydrogens is 288 g/mol. The number of aromatic hydroxyl groups is 1.